The zero-order valence-electron chi connectivity index (χ0n) is 20.3. The maximum atomic E-state index is 13.3. The molecule has 0 bridgehead atoms. The molecule has 0 aliphatic heterocycles. The Hall–Kier alpha value is -0.960. The van der Waals surface area contributed by atoms with Crippen LogP contribution in [0.15, 0.2) is 0 Å². The fourth-order valence-electron chi connectivity index (χ4n) is 3.18. The highest BCUT2D eigenvalue weighted by Gasteiger charge is 2.56. The van der Waals surface area contributed by atoms with Gasteiger partial charge in [-0.25, -0.2) is 0 Å². The van der Waals surface area contributed by atoms with Crippen molar-refractivity contribution in [3.8, 4) is 0 Å². The van der Waals surface area contributed by atoms with Crippen molar-refractivity contribution in [3.05, 3.63) is 0 Å². The van der Waals surface area contributed by atoms with Crippen molar-refractivity contribution in [2.24, 2.45) is 0 Å². The molecule has 32 heavy (non-hydrogen) atoms. The second-order valence-electron chi connectivity index (χ2n) is 8.09. The molecule has 0 amide bonds. The van der Waals surface area contributed by atoms with Gasteiger partial charge in [0.2, 0.25) is 0 Å². The number of Topliss-reactive ketones (excluding diaryl/α,β-unsaturated/α-hetero) is 3. The molecule has 0 aliphatic carbocycles. The number of hydrogen-bond acceptors (Lipinski definition) is 7. The van der Waals surface area contributed by atoms with Crippen molar-refractivity contribution in [1.29, 1.82) is 0 Å². The molecule has 10 heteroatoms. The lowest BCUT2D eigenvalue weighted by Gasteiger charge is -2.35. The first kappa shape index (κ1) is 31.0. The lowest BCUT2D eigenvalue weighted by molar-refractivity contribution is -0.139. The number of carbonyl (C=O) groups is 3. The van der Waals surface area contributed by atoms with Gasteiger partial charge in [0.25, 0.3) is 0 Å². The Kier molecular flexibility index (Phi) is 14.6. The number of carbonyl (C=O) groups excluding carboxylic acids is 3. The molecule has 4 unspecified atom stereocenters. The minimum absolute atomic E-state index is 0.217. The predicted octanol–water partition coefficient (Wildman–Crippen LogP) is 3.23. The van der Waals surface area contributed by atoms with Gasteiger partial charge in [-0.05, 0) is 46.5 Å². The third kappa shape index (κ3) is 9.49. The average Bonchev–Trinajstić information content (AvgIpc) is 2.74. The Morgan fingerprint density at radius 2 is 1.19 bits per heavy atom. The quantitative estimate of drug-likeness (QED) is 0.267. The summed E-state index contributed by atoms with van der Waals surface area (Å²) in [7, 11) is -5.18. The van der Waals surface area contributed by atoms with E-state index in [0.29, 0.717) is 32.5 Å². The van der Waals surface area contributed by atoms with E-state index in [-0.39, 0.29) is 13.0 Å². The number of rotatable bonds is 19. The summed E-state index contributed by atoms with van der Waals surface area (Å²) in [6.07, 6.45) is -2.44. The number of ether oxygens (including phenoxy) is 3. The van der Waals surface area contributed by atoms with Crippen LogP contribution in [-0.2, 0) is 33.2 Å². The second kappa shape index (κ2) is 15.0. The van der Waals surface area contributed by atoms with Crippen LogP contribution >= 0.6 is 7.60 Å². The maximum Gasteiger partial charge on any atom is 0.339 e. The van der Waals surface area contributed by atoms with Crippen LogP contribution in [0.2, 0.25) is 0 Å². The minimum atomic E-state index is -5.18. The first-order valence-corrected chi connectivity index (χ1v) is 13.0. The van der Waals surface area contributed by atoms with Crippen molar-refractivity contribution in [1.82, 2.24) is 0 Å². The summed E-state index contributed by atoms with van der Waals surface area (Å²) >= 11 is 0. The standard InChI is InChI=1S/C22H41O9P/c1-7-12-29-16(4)19(23)10-11-22(32(26,27)28,21(25)18(6)31-14-9-3)15-20(24)17(5)30-13-8-2/h16-18H,7-15H2,1-6H3,(H2,26,27,28). The molecule has 4 atom stereocenters. The molecule has 0 spiro atoms. The Bertz CT molecular complexity index is 645. The van der Waals surface area contributed by atoms with Crippen molar-refractivity contribution >= 4 is 24.9 Å². The Morgan fingerprint density at radius 1 is 0.781 bits per heavy atom. The molecule has 0 aromatic heterocycles. The fourth-order valence-corrected chi connectivity index (χ4v) is 4.41. The highest BCUT2D eigenvalue weighted by atomic mass is 31.2. The van der Waals surface area contributed by atoms with E-state index in [2.05, 4.69) is 0 Å². The van der Waals surface area contributed by atoms with E-state index < -0.39 is 61.3 Å². The normalized spacial score (nSPS) is 16.8. The molecular weight excluding hydrogens is 439 g/mol. The van der Waals surface area contributed by atoms with Crippen molar-refractivity contribution in [2.75, 3.05) is 19.8 Å². The van der Waals surface area contributed by atoms with E-state index in [1.807, 2.05) is 20.8 Å². The van der Waals surface area contributed by atoms with E-state index in [1.165, 1.54) is 13.8 Å². The highest BCUT2D eigenvalue weighted by molar-refractivity contribution is 7.55. The SMILES string of the molecule is CCCOC(C)C(=O)CCC(CC(=O)C(C)OCCC)(C(=O)C(C)OCCC)P(=O)(O)O. The Balaban J connectivity index is 5.95. The van der Waals surface area contributed by atoms with E-state index >= 15 is 0 Å². The highest BCUT2D eigenvalue weighted by Crippen LogP contribution is 2.56. The molecule has 0 rings (SSSR count). The molecule has 0 saturated heterocycles. The van der Waals surface area contributed by atoms with Gasteiger partial charge in [0.15, 0.2) is 17.3 Å². The van der Waals surface area contributed by atoms with Crippen LogP contribution in [0.1, 0.15) is 80.1 Å². The van der Waals surface area contributed by atoms with E-state index in [0.717, 1.165) is 0 Å². The van der Waals surface area contributed by atoms with Crippen molar-refractivity contribution < 1.29 is 42.9 Å². The summed E-state index contributed by atoms with van der Waals surface area (Å²) in [5.74, 6) is -1.89. The maximum absolute atomic E-state index is 13.3. The lowest BCUT2D eigenvalue weighted by Crippen LogP contribution is -2.48. The smallest absolute Gasteiger partial charge is 0.339 e. The van der Waals surface area contributed by atoms with Crippen LogP contribution in [0, 0.1) is 0 Å². The van der Waals surface area contributed by atoms with Gasteiger partial charge in [-0.15, -0.1) is 0 Å². The third-order valence-electron chi connectivity index (χ3n) is 5.26. The third-order valence-corrected chi connectivity index (χ3v) is 6.98. The summed E-state index contributed by atoms with van der Waals surface area (Å²) in [5, 5.41) is -2.37. The van der Waals surface area contributed by atoms with Gasteiger partial charge in [0, 0.05) is 32.7 Å². The van der Waals surface area contributed by atoms with Gasteiger partial charge < -0.3 is 24.0 Å². The van der Waals surface area contributed by atoms with Gasteiger partial charge in [-0.3, -0.25) is 18.9 Å². The van der Waals surface area contributed by atoms with Gasteiger partial charge >= 0.3 is 7.60 Å². The van der Waals surface area contributed by atoms with E-state index in [4.69, 9.17) is 14.2 Å². The van der Waals surface area contributed by atoms with Crippen LogP contribution in [-0.4, -0.2) is 70.4 Å². The van der Waals surface area contributed by atoms with Crippen molar-refractivity contribution in [2.45, 2.75) is 104 Å². The molecule has 0 fully saturated rings. The van der Waals surface area contributed by atoms with Gasteiger partial charge in [0.1, 0.15) is 23.5 Å². The monoisotopic (exact) mass is 480 g/mol. The molecule has 9 nitrogen and oxygen atoms in total. The largest absolute Gasteiger partial charge is 0.371 e. The van der Waals surface area contributed by atoms with Crippen LogP contribution in [0.25, 0.3) is 0 Å². The zero-order valence-corrected chi connectivity index (χ0v) is 21.2. The Morgan fingerprint density at radius 3 is 1.59 bits per heavy atom. The fraction of sp³-hybridized carbons (Fsp3) is 0.864. The van der Waals surface area contributed by atoms with Gasteiger partial charge in [0.05, 0.1) is 0 Å². The number of hydrogen-bond donors (Lipinski definition) is 2. The average molecular weight is 481 g/mol. The molecule has 0 saturated carbocycles. The summed E-state index contributed by atoms with van der Waals surface area (Å²) in [6.45, 7) is 10.9. The predicted molar refractivity (Wildman–Crippen MR) is 121 cm³/mol. The molecule has 0 aliphatic rings. The van der Waals surface area contributed by atoms with Crippen LogP contribution in [0.5, 0.6) is 0 Å². The second-order valence-corrected chi connectivity index (χ2v) is 10.0. The van der Waals surface area contributed by atoms with Gasteiger partial charge in [-0.2, -0.15) is 0 Å². The molecule has 0 radical (unpaired) electrons. The summed E-state index contributed by atoms with van der Waals surface area (Å²) in [6, 6.07) is 0. The zero-order chi connectivity index (χ0) is 24.9. The summed E-state index contributed by atoms with van der Waals surface area (Å²) < 4.78 is 28.9. The van der Waals surface area contributed by atoms with E-state index in [9.17, 15) is 28.7 Å². The summed E-state index contributed by atoms with van der Waals surface area (Å²) in [4.78, 5) is 59.2. The van der Waals surface area contributed by atoms with Crippen LogP contribution in [0.3, 0.4) is 0 Å². The first-order valence-electron chi connectivity index (χ1n) is 11.4. The molecular formula is C22H41O9P. The van der Waals surface area contributed by atoms with Crippen molar-refractivity contribution in [3.63, 3.8) is 0 Å². The van der Waals surface area contributed by atoms with Crippen LogP contribution in [0.4, 0.5) is 0 Å². The molecule has 0 aromatic rings. The van der Waals surface area contributed by atoms with Gasteiger partial charge in [-0.1, -0.05) is 20.8 Å². The molecule has 2 N–H and O–H groups in total. The lowest BCUT2D eigenvalue weighted by atomic mass is 9.86. The number of ketones is 3. The van der Waals surface area contributed by atoms with E-state index in [1.54, 1.807) is 6.92 Å². The molecule has 0 aromatic carbocycles. The minimum Gasteiger partial charge on any atom is -0.371 e. The Labute approximate surface area is 191 Å². The topological polar surface area (TPSA) is 136 Å². The molecule has 188 valence electrons. The molecule has 0 heterocycles. The van der Waals surface area contributed by atoms with Crippen LogP contribution < -0.4 is 0 Å². The summed E-state index contributed by atoms with van der Waals surface area (Å²) in [5.41, 5.74) is 0. The first-order chi connectivity index (χ1) is 14.9.